The van der Waals surface area contributed by atoms with E-state index >= 15 is 0 Å². The number of pyridine rings is 2. The van der Waals surface area contributed by atoms with Gasteiger partial charge in [0.05, 0.1) is 17.3 Å². The number of rotatable bonds is 4. The van der Waals surface area contributed by atoms with Crippen molar-refractivity contribution in [3.8, 4) is 0 Å². The average molecular weight is 304 g/mol. The second-order valence-electron chi connectivity index (χ2n) is 4.52. The van der Waals surface area contributed by atoms with E-state index in [0.717, 1.165) is 12.4 Å². The maximum atomic E-state index is 12.2. The maximum Gasteiger partial charge on any atom is 0.350 e. The zero-order valence-corrected chi connectivity index (χ0v) is 12.2. The first-order valence-corrected chi connectivity index (χ1v) is 7.00. The van der Waals surface area contributed by atoms with Gasteiger partial charge in [0.25, 0.3) is 0 Å². The number of hydrogen-bond donors (Lipinski definition) is 1. The Morgan fingerprint density at radius 3 is 2.90 bits per heavy atom. The summed E-state index contributed by atoms with van der Waals surface area (Å²) >= 11 is 6.16. The fourth-order valence-corrected chi connectivity index (χ4v) is 2.25. The van der Waals surface area contributed by atoms with Gasteiger partial charge in [0.15, 0.2) is 5.65 Å². The standard InChI is InChI=1S/C14H14ClN5O/c1-2-16-12-7-6-10(15)11(17-12)9-20-14(21)19-8-4-3-5-13(19)18-20/h3-8H,2,9H2,1H3,(H,16,17). The van der Waals surface area contributed by atoms with Gasteiger partial charge in [-0.2, -0.15) is 0 Å². The Labute approximate surface area is 126 Å². The maximum absolute atomic E-state index is 12.2. The molecule has 7 heteroatoms. The van der Waals surface area contributed by atoms with Crippen LogP contribution in [-0.2, 0) is 6.54 Å². The summed E-state index contributed by atoms with van der Waals surface area (Å²) in [7, 11) is 0. The highest BCUT2D eigenvalue weighted by atomic mass is 35.5. The normalized spacial score (nSPS) is 11.0. The van der Waals surface area contributed by atoms with Crippen LogP contribution in [0, 0.1) is 0 Å². The lowest BCUT2D eigenvalue weighted by Gasteiger charge is -2.07. The minimum atomic E-state index is -0.211. The van der Waals surface area contributed by atoms with Crippen LogP contribution < -0.4 is 11.0 Å². The third kappa shape index (κ3) is 2.62. The van der Waals surface area contributed by atoms with E-state index in [1.165, 1.54) is 9.08 Å². The largest absolute Gasteiger partial charge is 0.370 e. The molecule has 1 N–H and O–H groups in total. The summed E-state index contributed by atoms with van der Waals surface area (Å²) in [6.07, 6.45) is 1.69. The fraction of sp³-hybridized carbons (Fsp3) is 0.214. The molecule has 6 nitrogen and oxygen atoms in total. The molecule has 0 unspecified atom stereocenters. The SMILES string of the molecule is CCNc1ccc(Cl)c(Cn2nc3ccccn3c2=O)n1. The minimum absolute atomic E-state index is 0.211. The third-order valence-corrected chi connectivity index (χ3v) is 3.41. The van der Waals surface area contributed by atoms with E-state index in [1.807, 2.05) is 19.1 Å². The van der Waals surface area contributed by atoms with E-state index in [-0.39, 0.29) is 12.2 Å². The van der Waals surface area contributed by atoms with Crippen molar-refractivity contribution in [3.05, 3.63) is 57.7 Å². The Balaban J connectivity index is 2.00. The Morgan fingerprint density at radius 1 is 1.29 bits per heavy atom. The van der Waals surface area contributed by atoms with Gasteiger partial charge in [-0.25, -0.2) is 14.5 Å². The molecule has 0 amide bonds. The van der Waals surface area contributed by atoms with Crippen LogP contribution in [0.25, 0.3) is 5.65 Å². The second kappa shape index (κ2) is 5.57. The second-order valence-corrected chi connectivity index (χ2v) is 4.93. The molecule has 3 aromatic rings. The topological polar surface area (TPSA) is 64.2 Å². The smallest absolute Gasteiger partial charge is 0.350 e. The van der Waals surface area contributed by atoms with Crippen LogP contribution in [0.4, 0.5) is 5.82 Å². The van der Waals surface area contributed by atoms with Gasteiger partial charge in [-0.15, -0.1) is 5.10 Å². The molecule has 0 saturated heterocycles. The molecule has 0 fully saturated rings. The van der Waals surface area contributed by atoms with E-state index in [1.54, 1.807) is 24.4 Å². The lowest BCUT2D eigenvalue weighted by molar-refractivity contribution is 0.647. The van der Waals surface area contributed by atoms with Crippen LogP contribution in [0.1, 0.15) is 12.6 Å². The molecule has 0 bridgehead atoms. The molecule has 3 heterocycles. The minimum Gasteiger partial charge on any atom is -0.370 e. The van der Waals surface area contributed by atoms with Crippen LogP contribution in [0.5, 0.6) is 0 Å². The summed E-state index contributed by atoms with van der Waals surface area (Å²) in [4.78, 5) is 16.6. The number of anilines is 1. The van der Waals surface area contributed by atoms with Crippen molar-refractivity contribution in [3.63, 3.8) is 0 Å². The monoisotopic (exact) mass is 303 g/mol. The first kappa shape index (κ1) is 13.6. The zero-order chi connectivity index (χ0) is 14.8. The highest BCUT2D eigenvalue weighted by Crippen LogP contribution is 2.17. The average Bonchev–Trinajstić information content (AvgIpc) is 2.80. The van der Waals surface area contributed by atoms with Crippen LogP contribution in [0.3, 0.4) is 0 Å². The Morgan fingerprint density at radius 2 is 2.14 bits per heavy atom. The fourth-order valence-electron chi connectivity index (χ4n) is 2.09. The molecule has 0 atom stereocenters. The van der Waals surface area contributed by atoms with Crippen LogP contribution in [0.15, 0.2) is 41.3 Å². The summed E-state index contributed by atoms with van der Waals surface area (Å²) in [5.41, 5.74) is 0.999. The summed E-state index contributed by atoms with van der Waals surface area (Å²) in [5.74, 6) is 0.730. The van der Waals surface area contributed by atoms with E-state index < -0.39 is 0 Å². The molecular formula is C14H14ClN5O. The summed E-state index contributed by atoms with van der Waals surface area (Å²) < 4.78 is 2.85. The number of nitrogens with one attached hydrogen (secondary N) is 1. The first-order valence-electron chi connectivity index (χ1n) is 6.62. The number of halogens is 1. The van der Waals surface area contributed by atoms with Crippen molar-refractivity contribution in [2.45, 2.75) is 13.5 Å². The highest BCUT2D eigenvalue weighted by molar-refractivity contribution is 6.31. The molecule has 0 spiro atoms. The van der Waals surface area contributed by atoms with Crippen molar-refractivity contribution in [2.75, 3.05) is 11.9 Å². The van der Waals surface area contributed by atoms with Crippen molar-refractivity contribution < 1.29 is 0 Å². The molecule has 0 aliphatic rings. The predicted molar refractivity (Wildman–Crippen MR) is 82.0 cm³/mol. The van der Waals surface area contributed by atoms with Gasteiger partial charge in [0.2, 0.25) is 0 Å². The molecule has 21 heavy (non-hydrogen) atoms. The van der Waals surface area contributed by atoms with E-state index in [2.05, 4.69) is 15.4 Å². The molecule has 0 radical (unpaired) electrons. The molecule has 0 aromatic carbocycles. The van der Waals surface area contributed by atoms with E-state index in [9.17, 15) is 4.79 Å². The molecule has 0 aliphatic carbocycles. The number of nitrogens with zero attached hydrogens (tertiary/aromatic N) is 4. The zero-order valence-electron chi connectivity index (χ0n) is 11.5. The third-order valence-electron chi connectivity index (χ3n) is 3.06. The van der Waals surface area contributed by atoms with E-state index in [0.29, 0.717) is 16.4 Å². The lowest BCUT2D eigenvalue weighted by atomic mass is 10.3. The summed E-state index contributed by atoms with van der Waals surface area (Å²) in [6, 6.07) is 8.98. The molecule has 3 aromatic heterocycles. The Bertz CT molecular complexity index is 839. The highest BCUT2D eigenvalue weighted by Gasteiger charge is 2.10. The summed E-state index contributed by atoms with van der Waals surface area (Å²) in [6.45, 7) is 2.99. The van der Waals surface area contributed by atoms with Crippen molar-refractivity contribution in [1.29, 1.82) is 0 Å². The lowest BCUT2D eigenvalue weighted by Crippen LogP contribution is -2.22. The van der Waals surface area contributed by atoms with Crippen molar-refractivity contribution >= 4 is 23.1 Å². The van der Waals surface area contributed by atoms with Gasteiger partial charge in [0, 0.05) is 12.7 Å². The van der Waals surface area contributed by atoms with Gasteiger partial charge in [-0.1, -0.05) is 17.7 Å². The summed E-state index contributed by atoms with van der Waals surface area (Å²) in [5, 5.41) is 7.91. The predicted octanol–water partition coefficient (Wildman–Crippen LogP) is 2.02. The van der Waals surface area contributed by atoms with Crippen LogP contribution >= 0.6 is 11.6 Å². The van der Waals surface area contributed by atoms with Gasteiger partial charge >= 0.3 is 5.69 Å². The molecule has 3 rings (SSSR count). The Hall–Kier alpha value is -2.34. The van der Waals surface area contributed by atoms with Crippen molar-refractivity contribution in [2.24, 2.45) is 0 Å². The molecular weight excluding hydrogens is 290 g/mol. The van der Waals surface area contributed by atoms with Gasteiger partial charge in [0.1, 0.15) is 5.82 Å². The van der Waals surface area contributed by atoms with Gasteiger partial charge in [-0.05, 0) is 31.2 Å². The molecule has 0 aliphatic heterocycles. The van der Waals surface area contributed by atoms with Gasteiger partial charge in [-0.3, -0.25) is 4.40 Å². The van der Waals surface area contributed by atoms with Crippen molar-refractivity contribution in [1.82, 2.24) is 19.2 Å². The number of hydrogen-bond acceptors (Lipinski definition) is 4. The van der Waals surface area contributed by atoms with Crippen LogP contribution in [-0.4, -0.2) is 25.7 Å². The quantitative estimate of drug-likeness (QED) is 0.801. The molecule has 0 saturated carbocycles. The van der Waals surface area contributed by atoms with E-state index in [4.69, 9.17) is 11.6 Å². The van der Waals surface area contributed by atoms with Crippen LogP contribution in [0.2, 0.25) is 5.02 Å². The molecule has 108 valence electrons. The number of aromatic nitrogens is 4. The van der Waals surface area contributed by atoms with Gasteiger partial charge < -0.3 is 5.32 Å². The first-order chi connectivity index (χ1) is 10.2. The Kier molecular flexibility index (Phi) is 3.62. The number of fused-ring (bicyclic) bond motifs is 1.